The average Bonchev–Trinajstić information content (AvgIpc) is 2.96. The van der Waals surface area contributed by atoms with Gasteiger partial charge in [-0.05, 0) is 61.3 Å². The number of para-hydroxylation sites is 1. The molecular weight excluding hydrogens is 290 g/mol. The number of carbonyl (C=O) groups excluding carboxylic acids is 1. The first-order valence-corrected chi connectivity index (χ1v) is 9.05. The fraction of sp³-hybridized carbons (Fsp3) is 0.421. The lowest BCUT2D eigenvalue weighted by atomic mass is 9.90. The Kier molecular flexibility index (Phi) is 3.53. The summed E-state index contributed by atoms with van der Waals surface area (Å²) in [6.45, 7) is 3.15. The third-order valence-corrected chi connectivity index (χ3v) is 6.12. The number of hydrogen-bond acceptors (Lipinski definition) is 2. The molecule has 114 valence electrons. The van der Waals surface area contributed by atoms with Crippen LogP contribution in [0.5, 0.6) is 0 Å². The van der Waals surface area contributed by atoms with Crippen LogP contribution < -0.4 is 4.90 Å². The second kappa shape index (κ2) is 5.54. The molecule has 0 N–H and O–H groups in total. The molecule has 0 unspecified atom stereocenters. The first kappa shape index (κ1) is 14.0. The number of amides is 1. The zero-order chi connectivity index (χ0) is 15.1. The summed E-state index contributed by atoms with van der Waals surface area (Å²) < 4.78 is 0. The van der Waals surface area contributed by atoms with E-state index in [0.29, 0.717) is 0 Å². The molecule has 1 aromatic heterocycles. The summed E-state index contributed by atoms with van der Waals surface area (Å²) in [6, 6.07) is 10.5. The van der Waals surface area contributed by atoms with E-state index in [-0.39, 0.29) is 5.91 Å². The number of anilines is 1. The molecule has 0 radical (unpaired) electrons. The highest BCUT2D eigenvalue weighted by molar-refractivity contribution is 7.14. The van der Waals surface area contributed by atoms with Crippen LogP contribution in [0.2, 0.25) is 0 Å². The van der Waals surface area contributed by atoms with Gasteiger partial charge in [0.15, 0.2) is 0 Å². The molecular formula is C19H21NOS. The van der Waals surface area contributed by atoms with Gasteiger partial charge in [-0.3, -0.25) is 4.79 Å². The van der Waals surface area contributed by atoms with Gasteiger partial charge in [-0.15, -0.1) is 11.3 Å². The summed E-state index contributed by atoms with van der Waals surface area (Å²) >= 11 is 1.72. The summed E-state index contributed by atoms with van der Waals surface area (Å²) in [5.41, 5.74) is 3.83. The number of carbonyl (C=O) groups is 1. The monoisotopic (exact) mass is 311 g/mol. The predicted molar refractivity (Wildman–Crippen MR) is 91.9 cm³/mol. The number of benzene rings is 1. The third-order valence-electron chi connectivity index (χ3n) is 4.90. The van der Waals surface area contributed by atoms with Gasteiger partial charge in [0, 0.05) is 17.1 Å². The minimum absolute atomic E-state index is 0.194. The van der Waals surface area contributed by atoms with Gasteiger partial charge in [-0.1, -0.05) is 25.1 Å². The van der Waals surface area contributed by atoms with Gasteiger partial charge < -0.3 is 4.90 Å². The normalized spacial score (nSPS) is 20.4. The molecule has 1 atom stereocenters. The fourth-order valence-electron chi connectivity index (χ4n) is 3.69. The Morgan fingerprint density at radius 1 is 1.23 bits per heavy atom. The van der Waals surface area contributed by atoms with Crippen LogP contribution >= 0.6 is 11.3 Å². The Balaban J connectivity index is 1.66. The SMILES string of the molecule is C[C@@H]1CCc2sc(C(=O)N3CCCc4ccccc43)cc2C1. The minimum Gasteiger partial charge on any atom is -0.307 e. The minimum atomic E-state index is 0.194. The van der Waals surface area contributed by atoms with Crippen molar-refractivity contribution in [2.45, 2.75) is 39.0 Å². The molecule has 22 heavy (non-hydrogen) atoms. The Morgan fingerprint density at radius 3 is 3.00 bits per heavy atom. The molecule has 2 aliphatic rings. The summed E-state index contributed by atoms with van der Waals surface area (Å²) in [5.74, 6) is 0.944. The Morgan fingerprint density at radius 2 is 2.09 bits per heavy atom. The first-order chi connectivity index (χ1) is 10.7. The van der Waals surface area contributed by atoms with Crippen LogP contribution in [0, 0.1) is 5.92 Å². The van der Waals surface area contributed by atoms with Gasteiger partial charge in [0.05, 0.1) is 4.88 Å². The Labute approximate surface area is 135 Å². The van der Waals surface area contributed by atoms with Crippen molar-refractivity contribution in [3.8, 4) is 0 Å². The van der Waals surface area contributed by atoms with Crippen LogP contribution in [0.15, 0.2) is 30.3 Å². The maximum Gasteiger partial charge on any atom is 0.268 e. The molecule has 4 rings (SSSR count). The van der Waals surface area contributed by atoms with E-state index in [1.54, 1.807) is 11.3 Å². The van der Waals surface area contributed by atoms with Gasteiger partial charge >= 0.3 is 0 Å². The van der Waals surface area contributed by atoms with Crippen molar-refractivity contribution < 1.29 is 4.79 Å². The molecule has 0 spiro atoms. The molecule has 0 bridgehead atoms. The van der Waals surface area contributed by atoms with Gasteiger partial charge in [-0.25, -0.2) is 0 Å². The van der Waals surface area contributed by atoms with E-state index < -0.39 is 0 Å². The van der Waals surface area contributed by atoms with E-state index in [9.17, 15) is 4.79 Å². The average molecular weight is 311 g/mol. The zero-order valence-corrected chi connectivity index (χ0v) is 13.8. The number of hydrogen-bond donors (Lipinski definition) is 0. The molecule has 1 aliphatic heterocycles. The van der Waals surface area contributed by atoms with E-state index in [1.807, 2.05) is 11.0 Å². The van der Waals surface area contributed by atoms with Crippen LogP contribution in [0.1, 0.15) is 45.4 Å². The molecule has 3 heteroatoms. The molecule has 1 aliphatic carbocycles. The second-order valence-corrected chi connectivity index (χ2v) is 7.73. The summed E-state index contributed by atoms with van der Waals surface area (Å²) in [7, 11) is 0. The number of rotatable bonds is 1. The van der Waals surface area contributed by atoms with Gasteiger partial charge in [0.2, 0.25) is 0 Å². The van der Waals surface area contributed by atoms with Crippen molar-refractivity contribution in [1.82, 2.24) is 0 Å². The van der Waals surface area contributed by atoms with Crippen LogP contribution in [-0.2, 0) is 19.3 Å². The lowest BCUT2D eigenvalue weighted by Gasteiger charge is -2.29. The molecule has 2 nitrogen and oxygen atoms in total. The molecule has 0 saturated carbocycles. The Bertz CT molecular complexity index is 718. The predicted octanol–water partition coefficient (Wildman–Crippen LogP) is 4.47. The van der Waals surface area contributed by atoms with E-state index in [4.69, 9.17) is 0 Å². The van der Waals surface area contributed by atoms with Crippen molar-refractivity contribution in [3.05, 3.63) is 51.2 Å². The standard InChI is InChI=1S/C19H21NOS/c1-13-8-9-17-15(11-13)12-18(22-17)19(21)20-10-4-6-14-5-2-3-7-16(14)20/h2-3,5,7,12-13H,4,6,8-11H2,1H3/t13-/m1/s1. The number of thiophene rings is 1. The summed E-state index contributed by atoms with van der Waals surface area (Å²) in [5, 5.41) is 0. The third kappa shape index (κ3) is 2.38. The quantitative estimate of drug-likeness (QED) is 0.761. The maximum atomic E-state index is 13.0. The zero-order valence-electron chi connectivity index (χ0n) is 13.0. The fourth-order valence-corrected chi connectivity index (χ4v) is 4.85. The number of nitrogens with zero attached hydrogens (tertiary/aromatic N) is 1. The van der Waals surface area contributed by atoms with Gasteiger partial charge in [-0.2, -0.15) is 0 Å². The van der Waals surface area contributed by atoms with E-state index in [2.05, 4.69) is 31.2 Å². The Hall–Kier alpha value is -1.61. The summed E-state index contributed by atoms with van der Waals surface area (Å²) in [4.78, 5) is 17.3. The molecule has 0 fully saturated rings. The maximum absolute atomic E-state index is 13.0. The van der Waals surface area contributed by atoms with Crippen molar-refractivity contribution >= 4 is 22.9 Å². The molecule has 2 aromatic rings. The number of fused-ring (bicyclic) bond motifs is 2. The van der Waals surface area contributed by atoms with Gasteiger partial charge in [0.1, 0.15) is 0 Å². The molecule has 1 aromatic carbocycles. The van der Waals surface area contributed by atoms with Crippen molar-refractivity contribution in [3.63, 3.8) is 0 Å². The summed E-state index contributed by atoms with van der Waals surface area (Å²) in [6.07, 6.45) is 5.68. The van der Waals surface area contributed by atoms with Crippen LogP contribution in [-0.4, -0.2) is 12.5 Å². The van der Waals surface area contributed by atoms with Gasteiger partial charge in [0.25, 0.3) is 5.91 Å². The van der Waals surface area contributed by atoms with E-state index in [1.165, 1.54) is 22.4 Å². The second-order valence-electron chi connectivity index (χ2n) is 6.60. The van der Waals surface area contributed by atoms with Crippen LogP contribution in [0.4, 0.5) is 5.69 Å². The lowest BCUT2D eigenvalue weighted by molar-refractivity contribution is 0.0989. The lowest BCUT2D eigenvalue weighted by Crippen LogP contribution is -2.34. The van der Waals surface area contributed by atoms with Crippen LogP contribution in [0.3, 0.4) is 0 Å². The smallest absolute Gasteiger partial charge is 0.268 e. The largest absolute Gasteiger partial charge is 0.307 e. The highest BCUT2D eigenvalue weighted by atomic mass is 32.1. The highest BCUT2D eigenvalue weighted by Gasteiger charge is 2.26. The first-order valence-electron chi connectivity index (χ1n) is 8.24. The van der Waals surface area contributed by atoms with Crippen molar-refractivity contribution in [1.29, 1.82) is 0 Å². The number of aryl methyl sites for hydroxylation is 2. The molecule has 2 heterocycles. The molecule has 0 saturated heterocycles. The van der Waals surface area contributed by atoms with E-state index in [0.717, 1.165) is 48.7 Å². The van der Waals surface area contributed by atoms with E-state index >= 15 is 0 Å². The molecule has 1 amide bonds. The van der Waals surface area contributed by atoms with Crippen LogP contribution in [0.25, 0.3) is 0 Å². The topological polar surface area (TPSA) is 20.3 Å². The van der Waals surface area contributed by atoms with Crippen molar-refractivity contribution in [2.24, 2.45) is 5.92 Å². The highest BCUT2D eigenvalue weighted by Crippen LogP contribution is 2.34. The van der Waals surface area contributed by atoms with Crippen molar-refractivity contribution in [2.75, 3.05) is 11.4 Å².